The molecule has 0 aromatic carbocycles. The van der Waals surface area contributed by atoms with E-state index in [9.17, 15) is 14.4 Å². The number of aldehydes is 1. The second-order valence-corrected chi connectivity index (χ2v) is 2.78. The Labute approximate surface area is 112 Å². The molecule has 104 valence electrons. The molecule has 0 bridgehead atoms. The quantitative estimate of drug-likeness (QED) is 0.454. The molecule has 0 rings (SSSR count). The van der Waals surface area contributed by atoms with E-state index in [4.69, 9.17) is 0 Å². The van der Waals surface area contributed by atoms with Crippen molar-refractivity contribution in [2.75, 3.05) is 19.5 Å². The molecule has 0 atom stereocenters. The lowest BCUT2D eigenvalue weighted by molar-refractivity contribution is -0.140. The zero-order chi connectivity index (χ0) is 13.4. The monoisotopic (exact) mass is 314 g/mol. The molecule has 5 nitrogen and oxygen atoms in total. The normalized spacial score (nSPS) is 6.88. The van der Waals surface area contributed by atoms with Crippen molar-refractivity contribution in [1.82, 2.24) is 0 Å². The number of carbonyl (C=O) groups excluding carboxylic acids is 3. The van der Waals surface area contributed by atoms with Gasteiger partial charge in [0.1, 0.15) is 11.6 Å². The van der Waals surface area contributed by atoms with Gasteiger partial charge in [0, 0.05) is 12.8 Å². The number of methoxy groups -OCH3 is 2. The molecular formula is C11H23BrO5. The molecule has 0 fully saturated rings. The van der Waals surface area contributed by atoms with Gasteiger partial charge in [-0.15, -0.1) is 0 Å². The molecule has 0 heterocycles. The van der Waals surface area contributed by atoms with Crippen LogP contribution in [0.3, 0.4) is 0 Å². The summed E-state index contributed by atoms with van der Waals surface area (Å²) in [6.07, 6.45) is 1.98. The van der Waals surface area contributed by atoms with E-state index in [1.807, 2.05) is 6.92 Å². The third-order valence-electron chi connectivity index (χ3n) is 1.02. The Morgan fingerprint density at radius 3 is 1.47 bits per heavy atom. The van der Waals surface area contributed by atoms with Crippen molar-refractivity contribution in [2.24, 2.45) is 0 Å². The van der Waals surface area contributed by atoms with Crippen LogP contribution in [0.4, 0.5) is 0 Å². The maximum Gasteiger partial charge on any atom is 0.316 e. The molecular weight excluding hydrogens is 292 g/mol. The number of ether oxygens (including phenoxy) is 2. The van der Waals surface area contributed by atoms with Crippen molar-refractivity contribution in [1.29, 1.82) is 0 Å². The molecule has 0 radical (unpaired) electrons. The Morgan fingerprint density at radius 1 is 1.12 bits per heavy atom. The Hall–Kier alpha value is -0.910. The highest BCUT2D eigenvalue weighted by Gasteiger charge is 1.89. The highest BCUT2D eigenvalue weighted by molar-refractivity contribution is 9.09. The molecule has 0 spiro atoms. The van der Waals surface area contributed by atoms with Crippen molar-refractivity contribution in [3.05, 3.63) is 0 Å². The molecule has 0 aromatic rings. The maximum atomic E-state index is 9.96. The van der Waals surface area contributed by atoms with E-state index in [0.717, 1.165) is 6.29 Å². The molecule has 0 aliphatic carbocycles. The third-order valence-corrected chi connectivity index (χ3v) is 1.48. The van der Waals surface area contributed by atoms with Crippen molar-refractivity contribution < 1.29 is 23.9 Å². The van der Waals surface area contributed by atoms with Crippen LogP contribution < -0.4 is 0 Å². The largest absolute Gasteiger partial charge is 0.469 e. The number of hydrogen-bond donors (Lipinski definition) is 0. The highest BCUT2D eigenvalue weighted by atomic mass is 79.9. The van der Waals surface area contributed by atoms with Crippen molar-refractivity contribution in [2.45, 2.75) is 34.1 Å². The Balaban J connectivity index is -0.0000000741. The van der Waals surface area contributed by atoms with Crippen molar-refractivity contribution in [3.63, 3.8) is 0 Å². The van der Waals surface area contributed by atoms with Gasteiger partial charge in [0.05, 0.1) is 14.2 Å². The van der Waals surface area contributed by atoms with Crippen LogP contribution in [0.1, 0.15) is 34.1 Å². The molecule has 6 heteroatoms. The number of hydrogen-bond acceptors (Lipinski definition) is 5. The van der Waals surface area contributed by atoms with E-state index < -0.39 is 0 Å². The van der Waals surface area contributed by atoms with Gasteiger partial charge < -0.3 is 14.3 Å². The van der Waals surface area contributed by atoms with Gasteiger partial charge in [0.25, 0.3) is 0 Å². The lowest BCUT2D eigenvalue weighted by atomic mass is 10.5. The fourth-order valence-electron chi connectivity index (χ4n) is 0.199. The minimum absolute atomic E-state index is 0. The Morgan fingerprint density at radius 2 is 1.47 bits per heavy atom. The van der Waals surface area contributed by atoms with Crippen LogP contribution in [0.2, 0.25) is 0 Å². The number of halogens is 1. The predicted octanol–water partition coefficient (Wildman–Crippen LogP) is 2.36. The van der Waals surface area contributed by atoms with E-state index in [1.54, 1.807) is 6.92 Å². The number of esters is 2. The van der Waals surface area contributed by atoms with E-state index >= 15 is 0 Å². The van der Waals surface area contributed by atoms with Gasteiger partial charge in [-0.2, -0.15) is 0 Å². The molecule has 0 aliphatic heterocycles. The van der Waals surface area contributed by atoms with E-state index in [2.05, 4.69) is 25.4 Å². The Kier molecular flexibility index (Phi) is 35.9. The molecule has 0 saturated carbocycles. The topological polar surface area (TPSA) is 69.7 Å². The van der Waals surface area contributed by atoms with Gasteiger partial charge in [-0.1, -0.05) is 37.2 Å². The first-order valence-corrected chi connectivity index (χ1v) is 5.79. The van der Waals surface area contributed by atoms with Gasteiger partial charge in [0.15, 0.2) is 0 Å². The van der Waals surface area contributed by atoms with E-state index in [-0.39, 0.29) is 24.7 Å². The fraction of sp³-hybridized carbons (Fsp3) is 0.727. The fourth-order valence-corrected chi connectivity index (χ4v) is 0.428. The minimum atomic E-state index is -0.241. The summed E-state index contributed by atoms with van der Waals surface area (Å²) >= 11 is 2.90. The van der Waals surface area contributed by atoms with E-state index in [0.29, 0.717) is 12.8 Å². The van der Waals surface area contributed by atoms with Crippen LogP contribution in [0, 0.1) is 0 Å². The van der Waals surface area contributed by atoms with Gasteiger partial charge in [-0.25, -0.2) is 0 Å². The summed E-state index contributed by atoms with van der Waals surface area (Å²) in [6, 6.07) is 0. The molecule has 0 N–H and O–H groups in total. The lowest BCUT2D eigenvalue weighted by Gasteiger charge is -1.87. The summed E-state index contributed by atoms with van der Waals surface area (Å²) < 4.78 is 8.47. The Bertz CT molecular complexity index is 155. The smallest absolute Gasteiger partial charge is 0.316 e. The van der Waals surface area contributed by atoms with Gasteiger partial charge in [-0.3, -0.25) is 9.59 Å². The standard InChI is InChI=1S/C4H8O2.C3H5BrO2.C3H6O.CH4/c1-3-4(5)6-2;1-6-3(5)2-4;1-2-3-4;/h3H2,1-2H3;2H2,1H3;3H,2H2,1H3;1H4. The van der Waals surface area contributed by atoms with Gasteiger partial charge in [-0.05, 0) is 0 Å². The zero-order valence-electron chi connectivity index (χ0n) is 10.1. The van der Waals surface area contributed by atoms with Crippen LogP contribution >= 0.6 is 15.9 Å². The zero-order valence-corrected chi connectivity index (χ0v) is 11.7. The summed E-state index contributed by atoms with van der Waals surface area (Å²) in [7, 11) is 2.73. The first-order valence-electron chi connectivity index (χ1n) is 4.67. The first-order chi connectivity index (χ1) is 7.53. The lowest BCUT2D eigenvalue weighted by Crippen LogP contribution is -1.99. The van der Waals surface area contributed by atoms with Crippen LogP contribution in [-0.4, -0.2) is 37.8 Å². The second-order valence-electron chi connectivity index (χ2n) is 2.21. The van der Waals surface area contributed by atoms with Gasteiger partial charge >= 0.3 is 11.9 Å². The van der Waals surface area contributed by atoms with Crippen molar-refractivity contribution >= 4 is 34.2 Å². The molecule has 0 aromatic heterocycles. The number of carbonyl (C=O) groups is 3. The second kappa shape index (κ2) is 24.4. The average molecular weight is 315 g/mol. The molecule has 0 amide bonds. The van der Waals surface area contributed by atoms with Crippen LogP contribution in [0.5, 0.6) is 0 Å². The van der Waals surface area contributed by atoms with Crippen LogP contribution in [-0.2, 0) is 23.9 Å². The molecule has 17 heavy (non-hydrogen) atoms. The summed E-state index contributed by atoms with van der Waals surface area (Å²) in [4.78, 5) is 29.0. The van der Waals surface area contributed by atoms with Crippen LogP contribution in [0.15, 0.2) is 0 Å². The SMILES string of the molecule is C.CCC(=O)OC.CCC=O.COC(=O)CBr. The van der Waals surface area contributed by atoms with E-state index in [1.165, 1.54) is 14.2 Å². The average Bonchev–Trinajstić information content (AvgIpc) is 2.37. The van der Waals surface area contributed by atoms with Crippen LogP contribution in [0.25, 0.3) is 0 Å². The first kappa shape index (κ1) is 25.1. The summed E-state index contributed by atoms with van der Waals surface area (Å²) in [6.45, 7) is 3.57. The maximum absolute atomic E-state index is 9.96. The third kappa shape index (κ3) is 39.5. The van der Waals surface area contributed by atoms with Crippen molar-refractivity contribution in [3.8, 4) is 0 Å². The summed E-state index contributed by atoms with van der Waals surface area (Å²) in [5.74, 6) is -0.398. The molecule has 0 saturated heterocycles. The summed E-state index contributed by atoms with van der Waals surface area (Å²) in [5, 5.41) is 0.281. The number of alkyl halides is 1. The molecule has 0 aliphatic rings. The minimum Gasteiger partial charge on any atom is -0.469 e. The highest BCUT2D eigenvalue weighted by Crippen LogP contribution is 1.79. The number of rotatable bonds is 3. The van der Waals surface area contributed by atoms with Gasteiger partial charge in [0.2, 0.25) is 0 Å². The molecule has 0 unspecified atom stereocenters. The summed E-state index contributed by atoms with van der Waals surface area (Å²) in [5.41, 5.74) is 0. The predicted molar refractivity (Wildman–Crippen MR) is 71.2 cm³/mol.